The van der Waals surface area contributed by atoms with Crippen LogP contribution in [0.4, 0.5) is 0 Å². The highest BCUT2D eigenvalue weighted by Crippen LogP contribution is 2.24. The fourth-order valence-corrected chi connectivity index (χ4v) is 1.03. The van der Waals surface area contributed by atoms with Gasteiger partial charge in [-0.2, -0.15) is 0 Å². The average molecular weight is 144 g/mol. The molecule has 1 rings (SSSR count). The lowest BCUT2D eigenvalue weighted by molar-refractivity contribution is 0.117. The average Bonchev–Trinajstić information content (AvgIpc) is 2.68. The molecule has 1 aliphatic heterocycles. The van der Waals surface area contributed by atoms with E-state index in [1.54, 1.807) is 0 Å². The Hall–Kier alpha value is -0.0800. The number of ether oxygens (including phenoxy) is 2. The third-order valence-corrected chi connectivity index (χ3v) is 1.72. The van der Waals surface area contributed by atoms with E-state index in [2.05, 4.69) is 13.8 Å². The van der Waals surface area contributed by atoms with Gasteiger partial charge in [0.15, 0.2) is 0 Å². The SMILES string of the molecule is CCCOCC1OC1CC. The Morgan fingerprint density at radius 3 is 2.60 bits per heavy atom. The van der Waals surface area contributed by atoms with Gasteiger partial charge in [0.25, 0.3) is 0 Å². The zero-order chi connectivity index (χ0) is 7.40. The van der Waals surface area contributed by atoms with Gasteiger partial charge in [0.1, 0.15) is 6.10 Å². The molecule has 0 N–H and O–H groups in total. The van der Waals surface area contributed by atoms with Crippen LogP contribution < -0.4 is 0 Å². The summed E-state index contributed by atoms with van der Waals surface area (Å²) in [5.41, 5.74) is 0. The van der Waals surface area contributed by atoms with Crippen molar-refractivity contribution in [3.8, 4) is 0 Å². The molecule has 0 aromatic heterocycles. The predicted molar refractivity (Wildman–Crippen MR) is 40.1 cm³/mol. The maximum absolute atomic E-state index is 5.31. The summed E-state index contributed by atoms with van der Waals surface area (Å²) < 4.78 is 10.6. The number of hydrogen-bond donors (Lipinski definition) is 0. The molecule has 2 atom stereocenters. The minimum Gasteiger partial charge on any atom is -0.379 e. The molecular formula is C8H16O2. The second-order valence-corrected chi connectivity index (χ2v) is 2.70. The van der Waals surface area contributed by atoms with Crippen LogP contribution in [0.1, 0.15) is 26.7 Å². The van der Waals surface area contributed by atoms with Crippen LogP contribution in [-0.2, 0) is 9.47 Å². The molecule has 0 spiro atoms. The zero-order valence-corrected chi connectivity index (χ0v) is 6.80. The van der Waals surface area contributed by atoms with E-state index in [-0.39, 0.29) is 0 Å². The Morgan fingerprint density at radius 2 is 2.10 bits per heavy atom. The van der Waals surface area contributed by atoms with Crippen LogP contribution in [0, 0.1) is 0 Å². The second-order valence-electron chi connectivity index (χ2n) is 2.70. The van der Waals surface area contributed by atoms with E-state index in [1.807, 2.05) is 0 Å². The molecule has 1 aliphatic rings. The van der Waals surface area contributed by atoms with Crippen molar-refractivity contribution in [2.24, 2.45) is 0 Å². The predicted octanol–water partition coefficient (Wildman–Crippen LogP) is 1.59. The second kappa shape index (κ2) is 3.94. The van der Waals surface area contributed by atoms with Crippen LogP contribution in [0.15, 0.2) is 0 Å². The van der Waals surface area contributed by atoms with Gasteiger partial charge in [-0.05, 0) is 12.8 Å². The lowest BCUT2D eigenvalue weighted by Gasteiger charge is -1.96. The normalized spacial score (nSPS) is 30.6. The Kier molecular flexibility index (Phi) is 3.16. The summed E-state index contributed by atoms with van der Waals surface area (Å²) in [4.78, 5) is 0. The number of rotatable bonds is 5. The van der Waals surface area contributed by atoms with E-state index >= 15 is 0 Å². The summed E-state index contributed by atoms with van der Waals surface area (Å²) in [6.07, 6.45) is 3.14. The molecular weight excluding hydrogens is 128 g/mol. The van der Waals surface area contributed by atoms with E-state index in [0.717, 1.165) is 26.1 Å². The molecule has 0 aromatic carbocycles. The van der Waals surface area contributed by atoms with Gasteiger partial charge in [-0.1, -0.05) is 13.8 Å². The van der Waals surface area contributed by atoms with Crippen molar-refractivity contribution in [1.82, 2.24) is 0 Å². The first kappa shape index (κ1) is 8.02. The van der Waals surface area contributed by atoms with Crippen LogP contribution in [0.2, 0.25) is 0 Å². The molecule has 60 valence electrons. The Balaban J connectivity index is 1.87. The highest BCUT2D eigenvalue weighted by molar-refractivity contribution is 4.82. The van der Waals surface area contributed by atoms with Crippen molar-refractivity contribution >= 4 is 0 Å². The summed E-state index contributed by atoms with van der Waals surface area (Å²) in [5, 5.41) is 0. The Bertz CT molecular complexity index is 93.3. The maximum Gasteiger partial charge on any atom is 0.107 e. The van der Waals surface area contributed by atoms with Crippen LogP contribution in [0.5, 0.6) is 0 Å². The van der Waals surface area contributed by atoms with E-state index in [4.69, 9.17) is 9.47 Å². The van der Waals surface area contributed by atoms with Gasteiger partial charge in [-0.15, -0.1) is 0 Å². The smallest absolute Gasteiger partial charge is 0.107 e. The molecule has 0 amide bonds. The molecule has 1 fully saturated rings. The van der Waals surface area contributed by atoms with Crippen molar-refractivity contribution in [3.05, 3.63) is 0 Å². The van der Waals surface area contributed by atoms with Crippen molar-refractivity contribution in [3.63, 3.8) is 0 Å². The van der Waals surface area contributed by atoms with Crippen LogP contribution in [0.25, 0.3) is 0 Å². The van der Waals surface area contributed by atoms with Gasteiger partial charge < -0.3 is 9.47 Å². The summed E-state index contributed by atoms with van der Waals surface area (Å²) in [6, 6.07) is 0. The van der Waals surface area contributed by atoms with E-state index in [1.165, 1.54) is 0 Å². The van der Waals surface area contributed by atoms with Gasteiger partial charge in [0.2, 0.25) is 0 Å². The lowest BCUT2D eigenvalue weighted by atomic mass is 10.3. The molecule has 1 saturated heterocycles. The molecule has 0 radical (unpaired) electrons. The molecule has 2 unspecified atom stereocenters. The van der Waals surface area contributed by atoms with Gasteiger partial charge >= 0.3 is 0 Å². The molecule has 1 heterocycles. The van der Waals surface area contributed by atoms with Crippen LogP contribution >= 0.6 is 0 Å². The summed E-state index contributed by atoms with van der Waals surface area (Å²) in [5.74, 6) is 0. The number of epoxide rings is 1. The lowest BCUT2D eigenvalue weighted by Crippen LogP contribution is -2.04. The summed E-state index contributed by atoms with van der Waals surface area (Å²) >= 11 is 0. The fourth-order valence-electron chi connectivity index (χ4n) is 1.03. The van der Waals surface area contributed by atoms with Crippen molar-refractivity contribution < 1.29 is 9.47 Å². The molecule has 2 nitrogen and oxygen atoms in total. The maximum atomic E-state index is 5.31. The van der Waals surface area contributed by atoms with E-state index < -0.39 is 0 Å². The van der Waals surface area contributed by atoms with Gasteiger partial charge in [-0.3, -0.25) is 0 Å². The highest BCUT2D eigenvalue weighted by atomic mass is 16.6. The molecule has 0 saturated carbocycles. The first-order valence-corrected chi connectivity index (χ1v) is 4.11. The standard InChI is InChI=1S/C8H16O2/c1-3-5-9-6-8-7(4-2)10-8/h7-8H,3-6H2,1-2H3. The Labute approximate surface area is 62.5 Å². The largest absolute Gasteiger partial charge is 0.379 e. The van der Waals surface area contributed by atoms with Gasteiger partial charge in [0, 0.05) is 6.61 Å². The molecule has 2 heteroatoms. The van der Waals surface area contributed by atoms with E-state index in [9.17, 15) is 0 Å². The minimum atomic E-state index is 0.413. The first-order chi connectivity index (χ1) is 4.88. The topological polar surface area (TPSA) is 21.8 Å². The van der Waals surface area contributed by atoms with Gasteiger partial charge in [0.05, 0.1) is 12.7 Å². The zero-order valence-electron chi connectivity index (χ0n) is 6.80. The molecule has 10 heavy (non-hydrogen) atoms. The number of hydrogen-bond acceptors (Lipinski definition) is 2. The van der Waals surface area contributed by atoms with Crippen LogP contribution in [0.3, 0.4) is 0 Å². The van der Waals surface area contributed by atoms with Crippen molar-refractivity contribution in [2.45, 2.75) is 38.9 Å². The molecule has 0 bridgehead atoms. The highest BCUT2D eigenvalue weighted by Gasteiger charge is 2.36. The monoisotopic (exact) mass is 144 g/mol. The summed E-state index contributed by atoms with van der Waals surface area (Å²) in [7, 11) is 0. The Morgan fingerprint density at radius 1 is 1.30 bits per heavy atom. The van der Waals surface area contributed by atoms with E-state index in [0.29, 0.717) is 12.2 Å². The van der Waals surface area contributed by atoms with Crippen molar-refractivity contribution in [2.75, 3.05) is 13.2 Å². The van der Waals surface area contributed by atoms with Gasteiger partial charge in [-0.25, -0.2) is 0 Å². The molecule has 0 aromatic rings. The molecule has 0 aliphatic carbocycles. The van der Waals surface area contributed by atoms with Crippen molar-refractivity contribution in [1.29, 1.82) is 0 Å². The quantitative estimate of drug-likeness (QED) is 0.431. The summed E-state index contributed by atoms with van der Waals surface area (Å²) in [6.45, 7) is 5.93. The third-order valence-electron chi connectivity index (χ3n) is 1.72. The first-order valence-electron chi connectivity index (χ1n) is 4.11. The minimum absolute atomic E-state index is 0.413. The fraction of sp³-hybridized carbons (Fsp3) is 1.00. The third kappa shape index (κ3) is 2.27. The van der Waals surface area contributed by atoms with Crippen LogP contribution in [-0.4, -0.2) is 25.4 Å².